The van der Waals surface area contributed by atoms with Gasteiger partial charge in [-0.05, 0) is 12.1 Å². The molecule has 1 aromatic carbocycles. The molecule has 63 valence electrons. The maximum Gasteiger partial charge on any atom is 0.316 e. The lowest BCUT2D eigenvalue weighted by molar-refractivity contribution is 0.508. The van der Waals surface area contributed by atoms with E-state index in [0.29, 0.717) is 0 Å². The molecule has 0 N–H and O–H groups in total. The fourth-order valence-corrected chi connectivity index (χ4v) is 0.746. The van der Waals surface area contributed by atoms with E-state index in [0.717, 1.165) is 17.0 Å². The monoisotopic (exact) mass is 170 g/mol. The summed E-state index contributed by atoms with van der Waals surface area (Å²) in [6.07, 6.45) is 1.52. The molecule has 2 nitrogen and oxygen atoms in total. The molecule has 1 rings (SSSR count). The molecule has 12 heavy (non-hydrogen) atoms. The summed E-state index contributed by atoms with van der Waals surface area (Å²) in [5.74, 6) is -1.91. The first-order chi connectivity index (χ1) is 5.65. The number of carbonyl (C=O) groups excluding carboxylic acids is 1. The van der Waals surface area contributed by atoms with Gasteiger partial charge in [0, 0.05) is 18.8 Å². The van der Waals surface area contributed by atoms with Crippen molar-refractivity contribution < 1.29 is 13.6 Å². The quantitative estimate of drug-likeness (QED) is 0.615. The molecule has 0 aliphatic heterocycles. The molecule has 0 aliphatic carbocycles. The van der Waals surface area contributed by atoms with Crippen molar-refractivity contribution >= 4 is 12.1 Å². The van der Waals surface area contributed by atoms with E-state index in [1.54, 1.807) is 0 Å². The Kier molecular flexibility index (Phi) is 2.38. The van der Waals surface area contributed by atoms with Crippen LogP contribution in [0.25, 0.3) is 0 Å². The number of rotatable bonds is 2. The highest BCUT2D eigenvalue weighted by Gasteiger charge is 2.05. The number of nitrogens with zero attached hydrogens (tertiary/aromatic N) is 1. The standard InChI is InChI=1S/C8H6F2NO/c1-11(5-12)6-2-3-7(9)8(10)4-6/h2-4H,1H3. The molecule has 4 heteroatoms. The predicted molar refractivity (Wildman–Crippen MR) is 40.5 cm³/mol. The van der Waals surface area contributed by atoms with Crippen LogP contribution in [-0.4, -0.2) is 13.5 Å². The van der Waals surface area contributed by atoms with Crippen LogP contribution in [0, 0.1) is 11.6 Å². The average molecular weight is 170 g/mol. The van der Waals surface area contributed by atoms with Crippen LogP contribution in [0.2, 0.25) is 0 Å². The summed E-state index contributed by atoms with van der Waals surface area (Å²) in [6.45, 7) is 0. The van der Waals surface area contributed by atoms with Crippen LogP contribution >= 0.6 is 0 Å². The molecule has 0 bridgehead atoms. The van der Waals surface area contributed by atoms with Crippen molar-refractivity contribution in [2.75, 3.05) is 11.9 Å². The van der Waals surface area contributed by atoms with Gasteiger partial charge in [-0.1, -0.05) is 0 Å². The third kappa shape index (κ3) is 1.58. The summed E-state index contributed by atoms with van der Waals surface area (Å²) >= 11 is 0. The van der Waals surface area contributed by atoms with Crippen molar-refractivity contribution in [3.05, 3.63) is 29.8 Å². The number of halogens is 2. The first-order valence-corrected chi connectivity index (χ1v) is 3.21. The summed E-state index contributed by atoms with van der Waals surface area (Å²) in [7, 11) is 1.40. The number of hydrogen-bond donors (Lipinski definition) is 0. The van der Waals surface area contributed by atoms with Crippen molar-refractivity contribution in [1.82, 2.24) is 0 Å². The molecule has 0 heterocycles. The maximum atomic E-state index is 12.5. The van der Waals surface area contributed by atoms with Gasteiger partial charge in [-0.2, -0.15) is 0 Å². The largest absolute Gasteiger partial charge is 0.316 e. The normalized spacial score (nSPS) is 9.58. The number of benzene rings is 1. The fourth-order valence-electron chi connectivity index (χ4n) is 0.746. The zero-order valence-corrected chi connectivity index (χ0v) is 6.34. The topological polar surface area (TPSA) is 20.3 Å². The zero-order chi connectivity index (χ0) is 9.14. The van der Waals surface area contributed by atoms with E-state index in [1.165, 1.54) is 19.5 Å². The average Bonchev–Trinajstić information content (AvgIpc) is 2.08. The van der Waals surface area contributed by atoms with E-state index in [9.17, 15) is 13.6 Å². The fraction of sp³-hybridized carbons (Fsp3) is 0.125. The van der Waals surface area contributed by atoms with Crippen molar-refractivity contribution in [3.8, 4) is 0 Å². The van der Waals surface area contributed by atoms with Crippen LogP contribution < -0.4 is 4.90 Å². The third-order valence-electron chi connectivity index (χ3n) is 1.43. The molecular formula is C8H6F2NO. The summed E-state index contributed by atoms with van der Waals surface area (Å²) in [5.41, 5.74) is 0.268. The van der Waals surface area contributed by atoms with Gasteiger partial charge in [0.15, 0.2) is 11.6 Å². The molecule has 0 unspecified atom stereocenters. The Labute approximate surface area is 68.4 Å². The van der Waals surface area contributed by atoms with Crippen LogP contribution in [0.15, 0.2) is 18.2 Å². The Morgan fingerprint density at radius 2 is 2.00 bits per heavy atom. The molecular weight excluding hydrogens is 164 g/mol. The second-order valence-corrected chi connectivity index (χ2v) is 2.25. The molecule has 1 radical (unpaired) electrons. The highest BCUT2D eigenvalue weighted by Crippen LogP contribution is 2.15. The summed E-state index contributed by atoms with van der Waals surface area (Å²) < 4.78 is 24.9. The van der Waals surface area contributed by atoms with Gasteiger partial charge in [0.05, 0.1) is 0 Å². The number of hydrogen-bond acceptors (Lipinski definition) is 1. The number of anilines is 1. The first kappa shape index (κ1) is 8.64. The van der Waals surface area contributed by atoms with Crippen LogP contribution in [0.5, 0.6) is 0 Å². The molecule has 0 fully saturated rings. The molecule has 0 saturated carbocycles. The van der Waals surface area contributed by atoms with Gasteiger partial charge in [-0.3, -0.25) is 4.79 Å². The van der Waals surface area contributed by atoms with Crippen molar-refractivity contribution in [1.29, 1.82) is 0 Å². The zero-order valence-electron chi connectivity index (χ0n) is 6.34. The van der Waals surface area contributed by atoms with Gasteiger partial charge >= 0.3 is 6.41 Å². The van der Waals surface area contributed by atoms with Crippen LogP contribution in [0.3, 0.4) is 0 Å². The summed E-state index contributed by atoms with van der Waals surface area (Å²) in [4.78, 5) is 11.1. The minimum atomic E-state index is -0.977. The molecule has 0 aliphatic rings. The summed E-state index contributed by atoms with van der Waals surface area (Å²) in [5, 5.41) is 0. The lowest BCUT2D eigenvalue weighted by atomic mass is 10.3. The molecule has 0 saturated heterocycles. The third-order valence-corrected chi connectivity index (χ3v) is 1.43. The molecule has 1 aromatic rings. The molecule has 0 aromatic heterocycles. The van der Waals surface area contributed by atoms with E-state index < -0.39 is 11.6 Å². The van der Waals surface area contributed by atoms with Crippen molar-refractivity contribution in [3.63, 3.8) is 0 Å². The Balaban J connectivity index is 3.04. The van der Waals surface area contributed by atoms with Gasteiger partial charge in [0.2, 0.25) is 0 Å². The Morgan fingerprint density at radius 3 is 2.50 bits per heavy atom. The number of amides is 1. The molecule has 1 amide bonds. The van der Waals surface area contributed by atoms with Crippen molar-refractivity contribution in [2.24, 2.45) is 0 Å². The van der Waals surface area contributed by atoms with Gasteiger partial charge in [0.1, 0.15) is 0 Å². The Hall–Kier alpha value is -1.45. The maximum absolute atomic E-state index is 12.5. The molecule has 0 atom stereocenters. The lowest BCUT2D eigenvalue weighted by Gasteiger charge is -2.08. The smallest absolute Gasteiger partial charge is 0.307 e. The predicted octanol–water partition coefficient (Wildman–Crippen LogP) is 1.47. The van der Waals surface area contributed by atoms with Crippen molar-refractivity contribution in [2.45, 2.75) is 0 Å². The summed E-state index contributed by atoms with van der Waals surface area (Å²) in [6, 6.07) is 3.18. The lowest BCUT2D eigenvalue weighted by Crippen LogP contribution is -2.13. The van der Waals surface area contributed by atoms with E-state index in [4.69, 9.17) is 0 Å². The minimum absolute atomic E-state index is 0.268. The highest BCUT2D eigenvalue weighted by atomic mass is 19.2. The van der Waals surface area contributed by atoms with Crippen LogP contribution in [0.4, 0.5) is 14.5 Å². The Morgan fingerprint density at radius 1 is 1.33 bits per heavy atom. The van der Waals surface area contributed by atoms with Gasteiger partial charge < -0.3 is 4.90 Å². The Bertz CT molecular complexity index is 301. The van der Waals surface area contributed by atoms with Crippen LogP contribution in [-0.2, 0) is 4.79 Å². The SMILES string of the molecule is CN([C]=O)c1ccc(F)c(F)c1. The van der Waals surface area contributed by atoms with Gasteiger partial charge in [0.25, 0.3) is 0 Å². The first-order valence-electron chi connectivity index (χ1n) is 3.21. The van der Waals surface area contributed by atoms with Gasteiger partial charge in [-0.15, -0.1) is 0 Å². The van der Waals surface area contributed by atoms with E-state index in [1.807, 2.05) is 0 Å². The second kappa shape index (κ2) is 3.30. The minimum Gasteiger partial charge on any atom is -0.307 e. The van der Waals surface area contributed by atoms with Crippen LogP contribution in [0.1, 0.15) is 0 Å². The van der Waals surface area contributed by atoms with E-state index >= 15 is 0 Å². The highest BCUT2D eigenvalue weighted by molar-refractivity contribution is 5.74. The van der Waals surface area contributed by atoms with E-state index in [2.05, 4.69) is 0 Å². The van der Waals surface area contributed by atoms with E-state index in [-0.39, 0.29) is 5.69 Å². The molecule has 0 spiro atoms. The van der Waals surface area contributed by atoms with Gasteiger partial charge in [-0.25, -0.2) is 8.78 Å². The second-order valence-electron chi connectivity index (χ2n) is 2.25.